The molecule has 182 valence electrons. The first-order valence-electron chi connectivity index (χ1n) is 12.9. The molecule has 32 heavy (non-hydrogen) atoms. The van der Waals surface area contributed by atoms with Crippen LogP contribution < -0.4 is 14.5 Å². The van der Waals surface area contributed by atoms with Crippen molar-refractivity contribution in [1.82, 2.24) is 4.90 Å². The maximum absolute atomic E-state index is 6.12. The highest BCUT2D eigenvalue weighted by atomic mass is 35.5. The van der Waals surface area contributed by atoms with Crippen molar-refractivity contribution in [3.8, 4) is 5.75 Å². The number of nitrogens with zero attached hydrogens (tertiary/aromatic N) is 3. The summed E-state index contributed by atoms with van der Waals surface area (Å²) in [6.45, 7) is 17.3. The smallest absolute Gasteiger partial charge is 0.144 e. The molecule has 2 fully saturated rings. The van der Waals surface area contributed by atoms with Gasteiger partial charge in [-0.05, 0) is 67.5 Å². The molecule has 0 unspecified atom stereocenters. The van der Waals surface area contributed by atoms with Crippen molar-refractivity contribution in [2.45, 2.75) is 72.1 Å². The predicted octanol–water partition coefficient (Wildman–Crippen LogP) is 6.18. The molecule has 1 aliphatic carbocycles. The average Bonchev–Trinajstić information content (AvgIpc) is 2.77. The van der Waals surface area contributed by atoms with E-state index in [2.05, 4.69) is 61.6 Å². The zero-order valence-electron chi connectivity index (χ0n) is 21.2. The largest absolute Gasteiger partial charge is 0.489 e. The number of hydrogen-bond donors (Lipinski definition) is 0. The van der Waals surface area contributed by atoms with Crippen molar-refractivity contribution in [3.63, 3.8) is 0 Å². The van der Waals surface area contributed by atoms with E-state index in [-0.39, 0.29) is 12.4 Å². The third-order valence-corrected chi connectivity index (χ3v) is 8.14. The summed E-state index contributed by atoms with van der Waals surface area (Å²) < 4.78 is 6.12. The molecule has 0 radical (unpaired) electrons. The van der Waals surface area contributed by atoms with Crippen molar-refractivity contribution < 1.29 is 4.74 Å². The highest BCUT2D eigenvalue weighted by Crippen LogP contribution is 2.48. The molecular weight excluding hydrogens is 418 g/mol. The number of likely N-dealkylation sites (N-methyl/N-ethyl adjacent to an activating group) is 1. The van der Waals surface area contributed by atoms with Gasteiger partial charge in [-0.2, -0.15) is 0 Å². The quantitative estimate of drug-likeness (QED) is 0.518. The van der Waals surface area contributed by atoms with Crippen LogP contribution in [0.4, 0.5) is 11.4 Å². The van der Waals surface area contributed by atoms with Crippen LogP contribution in [0.5, 0.6) is 5.75 Å². The third kappa shape index (κ3) is 5.67. The zero-order chi connectivity index (χ0) is 22.0. The van der Waals surface area contributed by atoms with Crippen LogP contribution in [0.1, 0.15) is 77.7 Å². The molecule has 3 aliphatic rings. The van der Waals surface area contributed by atoms with Gasteiger partial charge in [0.2, 0.25) is 0 Å². The SMILES string of the molecule is CCCCN1CCN(c2cc3c(cc2C2CCC(C(C)(C)C)CC2)N(C)CCO3)CC1.Cl. The summed E-state index contributed by atoms with van der Waals surface area (Å²) >= 11 is 0. The first kappa shape index (κ1) is 25.5. The van der Waals surface area contributed by atoms with Crippen LogP contribution in [0.25, 0.3) is 0 Å². The van der Waals surface area contributed by atoms with Gasteiger partial charge in [0.1, 0.15) is 12.4 Å². The molecule has 2 aliphatic heterocycles. The Kier molecular flexibility index (Phi) is 8.65. The van der Waals surface area contributed by atoms with Gasteiger partial charge in [0, 0.05) is 45.0 Å². The van der Waals surface area contributed by atoms with Crippen molar-refractivity contribution in [2.75, 3.05) is 62.7 Å². The molecule has 0 atom stereocenters. The Labute approximate surface area is 203 Å². The standard InChI is InChI=1S/C27H45N3O.ClH/c1-6-7-12-29-13-15-30(16-14-29)24-20-26-25(28(5)17-18-31-26)19-23(24)21-8-10-22(11-9-21)27(2,3)4;/h19-22H,6-18H2,1-5H3;1H. The van der Waals surface area contributed by atoms with Crippen LogP contribution in [0.2, 0.25) is 0 Å². The molecule has 4 nitrogen and oxygen atoms in total. The predicted molar refractivity (Wildman–Crippen MR) is 140 cm³/mol. The molecule has 0 aromatic heterocycles. The van der Waals surface area contributed by atoms with Crippen LogP contribution in [0.15, 0.2) is 12.1 Å². The van der Waals surface area contributed by atoms with Crippen LogP contribution in [0, 0.1) is 11.3 Å². The molecule has 1 saturated carbocycles. The Morgan fingerprint density at radius 2 is 1.62 bits per heavy atom. The molecule has 1 saturated heterocycles. The molecular formula is C27H46ClN3O. The van der Waals surface area contributed by atoms with E-state index in [1.54, 1.807) is 5.56 Å². The lowest BCUT2D eigenvalue weighted by atomic mass is 9.68. The van der Waals surface area contributed by atoms with Gasteiger partial charge < -0.3 is 14.5 Å². The van der Waals surface area contributed by atoms with Crippen molar-refractivity contribution in [3.05, 3.63) is 17.7 Å². The maximum atomic E-state index is 6.12. The summed E-state index contributed by atoms with van der Waals surface area (Å²) in [5, 5.41) is 0. The van der Waals surface area contributed by atoms with Crippen LogP contribution in [-0.2, 0) is 0 Å². The first-order chi connectivity index (χ1) is 14.9. The minimum absolute atomic E-state index is 0. The first-order valence-corrected chi connectivity index (χ1v) is 12.9. The number of fused-ring (bicyclic) bond motifs is 1. The Morgan fingerprint density at radius 3 is 2.25 bits per heavy atom. The number of ether oxygens (including phenoxy) is 1. The number of unbranched alkanes of at least 4 members (excludes halogenated alkanes) is 1. The lowest BCUT2D eigenvalue weighted by Gasteiger charge is -2.41. The van der Waals surface area contributed by atoms with E-state index in [9.17, 15) is 0 Å². The van der Waals surface area contributed by atoms with E-state index < -0.39 is 0 Å². The van der Waals surface area contributed by atoms with Gasteiger partial charge in [0.25, 0.3) is 0 Å². The van der Waals surface area contributed by atoms with Crippen LogP contribution in [-0.4, -0.2) is 57.8 Å². The molecule has 0 spiro atoms. The maximum Gasteiger partial charge on any atom is 0.144 e. The summed E-state index contributed by atoms with van der Waals surface area (Å²) in [4.78, 5) is 7.69. The zero-order valence-corrected chi connectivity index (χ0v) is 22.0. The number of piperazine rings is 1. The van der Waals surface area contributed by atoms with Gasteiger partial charge in [-0.15, -0.1) is 12.4 Å². The van der Waals surface area contributed by atoms with Crippen molar-refractivity contribution in [1.29, 1.82) is 0 Å². The fourth-order valence-corrected chi connectivity index (χ4v) is 5.87. The summed E-state index contributed by atoms with van der Waals surface area (Å²) in [5.74, 6) is 2.63. The Hall–Kier alpha value is -1.13. The summed E-state index contributed by atoms with van der Waals surface area (Å²) in [5.41, 5.74) is 4.78. The lowest BCUT2D eigenvalue weighted by Crippen LogP contribution is -2.47. The number of halogens is 1. The Bertz CT molecular complexity index is 731. The Morgan fingerprint density at radius 1 is 0.938 bits per heavy atom. The van der Waals surface area contributed by atoms with Gasteiger partial charge in [-0.3, -0.25) is 4.90 Å². The van der Waals surface area contributed by atoms with Crippen molar-refractivity contribution >= 4 is 23.8 Å². The second-order valence-electron chi connectivity index (χ2n) is 11.2. The lowest BCUT2D eigenvalue weighted by molar-refractivity contribution is 0.169. The second-order valence-corrected chi connectivity index (χ2v) is 11.2. The van der Waals surface area contributed by atoms with Gasteiger partial charge >= 0.3 is 0 Å². The molecule has 1 aromatic rings. The van der Waals surface area contributed by atoms with Gasteiger partial charge in [0.05, 0.1) is 12.2 Å². The summed E-state index contributed by atoms with van der Waals surface area (Å²) in [6, 6.07) is 4.88. The normalized spacial score (nSPS) is 24.5. The fourth-order valence-electron chi connectivity index (χ4n) is 5.87. The highest BCUT2D eigenvalue weighted by molar-refractivity contribution is 5.85. The van der Waals surface area contributed by atoms with Crippen molar-refractivity contribution in [2.24, 2.45) is 11.3 Å². The monoisotopic (exact) mass is 463 g/mol. The third-order valence-electron chi connectivity index (χ3n) is 8.14. The molecule has 4 rings (SSSR count). The molecule has 0 amide bonds. The molecule has 0 N–H and O–H groups in total. The van der Waals surface area contributed by atoms with Gasteiger partial charge in [0.15, 0.2) is 0 Å². The number of anilines is 2. The summed E-state index contributed by atoms with van der Waals surface area (Å²) in [6.07, 6.45) is 7.99. The number of hydrogen-bond acceptors (Lipinski definition) is 4. The average molecular weight is 464 g/mol. The summed E-state index contributed by atoms with van der Waals surface area (Å²) in [7, 11) is 2.22. The van der Waals surface area contributed by atoms with E-state index in [1.807, 2.05) is 0 Å². The van der Waals surface area contributed by atoms with E-state index in [0.717, 1.165) is 37.9 Å². The Balaban J connectivity index is 0.00000289. The second kappa shape index (κ2) is 10.9. The van der Waals surface area contributed by atoms with E-state index in [0.29, 0.717) is 11.3 Å². The van der Waals surface area contributed by atoms with Crippen LogP contribution >= 0.6 is 12.4 Å². The fraction of sp³-hybridized carbons (Fsp3) is 0.778. The minimum atomic E-state index is 0. The molecule has 5 heteroatoms. The van der Waals surface area contributed by atoms with Crippen LogP contribution in [0.3, 0.4) is 0 Å². The minimum Gasteiger partial charge on any atom is -0.489 e. The number of rotatable bonds is 5. The van der Waals surface area contributed by atoms with E-state index in [4.69, 9.17) is 4.74 Å². The topological polar surface area (TPSA) is 19.0 Å². The number of benzene rings is 1. The van der Waals surface area contributed by atoms with E-state index >= 15 is 0 Å². The van der Waals surface area contributed by atoms with Gasteiger partial charge in [-0.25, -0.2) is 0 Å². The molecule has 0 bridgehead atoms. The molecule has 1 aromatic carbocycles. The molecule has 2 heterocycles. The van der Waals surface area contributed by atoms with E-state index in [1.165, 1.54) is 69.5 Å². The highest BCUT2D eigenvalue weighted by Gasteiger charge is 2.33. The van der Waals surface area contributed by atoms with Gasteiger partial charge in [-0.1, -0.05) is 34.1 Å².